The first kappa shape index (κ1) is 10.0. The Morgan fingerprint density at radius 2 is 2.12 bits per heavy atom. The van der Waals surface area contributed by atoms with Crippen LogP contribution < -0.4 is 0 Å². The van der Waals surface area contributed by atoms with Gasteiger partial charge >= 0.3 is 0 Å². The molecule has 0 aromatic carbocycles. The van der Waals surface area contributed by atoms with Gasteiger partial charge in [0.2, 0.25) is 0 Å². The molecule has 3 aromatic rings. The summed E-state index contributed by atoms with van der Waals surface area (Å²) in [7, 11) is 0. The lowest BCUT2D eigenvalue weighted by molar-refractivity contribution is 0.628. The third-order valence-corrected chi connectivity index (χ3v) is 2.77. The molecule has 0 saturated heterocycles. The smallest absolute Gasteiger partial charge is 0.155 e. The summed E-state index contributed by atoms with van der Waals surface area (Å²) in [5.74, 6) is 0.765. The topological polar surface area (TPSA) is 38.9 Å². The van der Waals surface area contributed by atoms with E-state index in [0.717, 1.165) is 29.0 Å². The van der Waals surface area contributed by atoms with Gasteiger partial charge in [0.15, 0.2) is 11.3 Å². The van der Waals surface area contributed by atoms with Crippen molar-refractivity contribution in [3.05, 3.63) is 48.3 Å². The van der Waals surface area contributed by atoms with Gasteiger partial charge in [-0.1, -0.05) is 13.0 Å². The second-order valence-electron chi connectivity index (χ2n) is 3.90. The summed E-state index contributed by atoms with van der Waals surface area (Å²) in [6.45, 7) is 2.11. The van der Waals surface area contributed by atoms with Crippen LogP contribution in [0.3, 0.4) is 0 Å². The van der Waals surface area contributed by atoms with Crippen LogP contribution in [0.2, 0.25) is 0 Å². The van der Waals surface area contributed by atoms with Crippen molar-refractivity contribution in [3.8, 4) is 11.5 Å². The van der Waals surface area contributed by atoms with Crippen LogP contribution in [0.1, 0.15) is 12.5 Å². The molecule has 0 aliphatic rings. The summed E-state index contributed by atoms with van der Waals surface area (Å²) in [5, 5.41) is 0. The number of furan rings is 1. The molecule has 84 valence electrons. The van der Waals surface area contributed by atoms with Gasteiger partial charge in [-0.15, -0.1) is 0 Å². The summed E-state index contributed by atoms with van der Waals surface area (Å²) in [5.41, 5.74) is 3.73. The molecule has 0 radical (unpaired) electrons. The Kier molecular flexibility index (Phi) is 2.37. The molecule has 0 amide bonds. The highest BCUT2D eigenvalue weighted by molar-refractivity contribution is 5.78. The standard InChI is InChI=1S/C14H12N2O/c1-2-10-5-6-11(16-9-10)14-8-12-13(17-14)4-3-7-15-12/h3-9H,2H2,1H3. The molecule has 0 spiro atoms. The van der Waals surface area contributed by atoms with Crippen LogP contribution in [0.15, 0.2) is 47.1 Å². The fourth-order valence-corrected chi connectivity index (χ4v) is 1.78. The number of nitrogens with zero attached hydrogens (tertiary/aromatic N) is 2. The zero-order chi connectivity index (χ0) is 11.7. The largest absolute Gasteiger partial charge is 0.453 e. The van der Waals surface area contributed by atoms with E-state index in [2.05, 4.69) is 23.0 Å². The van der Waals surface area contributed by atoms with Crippen molar-refractivity contribution in [2.75, 3.05) is 0 Å². The molecular formula is C14H12N2O. The van der Waals surface area contributed by atoms with E-state index in [4.69, 9.17) is 4.42 Å². The Morgan fingerprint density at radius 1 is 1.18 bits per heavy atom. The van der Waals surface area contributed by atoms with Crippen LogP contribution in [0.4, 0.5) is 0 Å². The molecule has 0 atom stereocenters. The van der Waals surface area contributed by atoms with E-state index in [1.54, 1.807) is 6.20 Å². The minimum absolute atomic E-state index is 0.765. The third kappa shape index (κ3) is 1.80. The van der Waals surface area contributed by atoms with E-state index in [9.17, 15) is 0 Å². The number of fused-ring (bicyclic) bond motifs is 1. The summed E-state index contributed by atoms with van der Waals surface area (Å²) in [6, 6.07) is 9.75. The minimum atomic E-state index is 0.765. The molecule has 0 aliphatic heterocycles. The highest BCUT2D eigenvalue weighted by Gasteiger charge is 2.07. The Morgan fingerprint density at radius 3 is 2.82 bits per heavy atom. The lowest BCUT2D eigenvalue weighted by Gasteiger charge is -1.97. The molecule has 3 nitrogen and oxygen atoms in total. The lowest BCUT2D eigenvalue weighted by Crippen LogP contribution is -1.84. The molecule has 0 saturated carbocycles. The SMILES string of the molecule is CCc1ccc(-c2cc3ncccc3o2)nc1. The third-order valence-electron chi connectivity index (χ3n) is 2.77. The van der Waals surface area contributed by atoms with Crippen LogP contribution in [-0.2, 0) is 6.42 Å². The van der Waals surface area contributed by atoms with Crippen molar-refractivity contribution in [1.82, 2.24) is 9.97 Å². The normalized spacial score (nSPS) is 10.9. The van der Waals surface area contributed by atoms with E-state index >= 15 is 0 Å². The van der Waals surface area contributed by atoms with Crippen LogP contribution in [0.5, 0.6) is 0 Å². The number of rotatable bonds is 2. The number of aryl methyl sites for hydroxylation is 1. The van der Waals surface area contributed by atoms with E-state index in [1.807, 2.05) is 30.5 Å². The maximum atomic E-state index is 5.70. The summed E-state index contributed by atoms with van der Waals surface area (Å²) in [4.78, 5) is 8.63. The Bertz CT molecular complexity index is 608. The van der Waals surface area contributed by atoms with Crippen molar-refractivity contribution in [2.24, 2.45) is 0 Å². The van der Waals surface area contributed by atoms with Gasteiger partial charge in [-0.2, -0.15) is 0 Å². The fraction of sp³-hybridized carbons (Fsp3) is 0.143. The van der Waals surface area contributed by atoms with Crippen LogP contribution in [0, 0.1) is 0 Å². The molecule has 0 unspecified atom stereocenters. The molecule has 17 heavy (non-hydrogen) atoms. The molecule has 0 fully saturated rings. The van der Waals surface area contributed by atoms with Crippen LogP contribution >= 0.6 is 0 Å². The lowest BCUT2D eigenvalue weighted by atomic mass is 10.2. The van der Waals surface area contributed by atoms with Gasteiger partial charge < -0.3 is 4.42 Å². The van der Waals surface area contributed by atoms with E-state index < -0.39 is 0 Å². The molecule has 0 bridgehead atoms. The first-order valence-corrected chi connectivity index (χ1v) is 5.66. The highest BCUT2D eigenvalue weighted by Crippen LogP contribution is 2.24. The van der Waals surface area contributed by atoms with Gasteiger partial charge in [0, 0.05) is 18.5 Å². The first-order valence-electron chi connectivity index (χ1n) is 5.66. The summed E-state index contributed by atoms with van der Waals surface area (Å²) < 4.78 is 5.70. The molecule has 3 aromatic heterocycles. The maximum absolute atomic E-state index is 5.70. The van der Waals surface area contributed by atoms with Gasteiger partial charge in [0.25, 0.3) is 0 Å². The predicted octanol–water partition coefficient (Wildman–Crippen LogP) is 3.45. The number of hydrogen-bond acceptors (Lipinski definition) is 3. The number of hydrogen-bond donors (Lipinski definition) is 0. The Hall–Kier alpha value is -2.16. The maximum Gasteiger partial charge on any atom is 0.155 e. The average molecular weight is 224 g/mol. The Labute approximate surface area is 99.1 Å². The fourth-order valence-electron chi connectivity index (χ4n) is 1.78. The molecule has 3 heterocycles. The zero-order valence-corrected chi connectivity index (χ0v) is 9.55. The summed E-state index contributed by atoms with van der Waals surface area (Å²) >= 11 is 0. The van der Waals surface area contributed by atoms with E-state index in [-0.39, 0.29) is 0 Å². The zero-order valence-electron chi connectivity index (χ0n) is 9.55. The van der Waals surface area contributed by atoms with E-state index in [1.165, 1.54) is 5.56 Å². The van der Waals surface area contributed by atoms with Gasteiger partial charge in [-0.05, 0) is 30.2 Å². The average Bonchev–Trinajstić information content (AvgIpc) is 2.82. The van der Waals surface area contributed by atoms with Gasteiger partial charge in [-0.25, -0.2) is 0 Å². The van der Waals surface area contributed by atoms with Crippen molar-refractivity contribution < 1.29 is 4.42 Å². The van der Waals surface area contributed by atoms with Crippen molar-refractivity contribution >= 4 is 11.1 Å². The van der Waals surface area contributed by atoms with Gasteiger partial charge in [0.05, 0.1) is 0 Å². The highest BCUT2D eigenvalue weighted by atomic mass is 16.3. The van der Waals surface area contributed by atoms with Crippen LogP contribution in [0.25, 0.3) is 22.6 Å². The molecule has 0 aliphatic carbocycles. The predicted molar refractivity (Wildman–Crippen MR) is 66.6 cm³/mol. The molecule has 3 heteroatoms. The van der Waals surface area contributed by atoms with Gasteiger partial charge in [-0.3, -0.25) is 9.97 Å². The second kappa shape index (κ2) is 4.01. The molecule has 3 rings (SSSR count). The van der Waals surface area contributed by atoms with Crippen LogP contribution in [-0.4, -0.2) is 9.97 Å². The summed E-state index contributed by atoms with van der Waals surface area (Å²) in [6.07, 6.45) is 4.64. The number of pyridine rings is 2. The first-order chi connectivity index (χ1) is 8.36. The minimum Gasteiger partial charge on any atom is -0.453 e. The molecule has 0 N–H and O–H groups in total. The quantitative estimate of drug-likeness (QED) is 0.669. The second-order valence-corrected chi connectivity index (χ2v) is 3.90. The van der Waals surface area contributed by atoms with E-state index in [0.29, 0.717) is 0 Å². The van der Waals surface area contributed by atoms with Crippen molar-refractivity contribution in [3.63, 3.8) is 0 Å². The Balaban J connectivity index is 2.07. The van der Waals surface area contributed by atoms with Gasteiger partial charge in [0.1, 0.15) is 11.2 Å². The van der Waals surface area contributed by atoms with Crippen molar-refractivity contribution in [2.45, 2.75) is 13.3 Å². The molecular weight excluding hydrogens is 212 g/mol. The monoisotopic (exact) mass is 224 g/mol. The number of aromatic nitrogens is 2. The van der Waals surface area contributed by atoms with Crippen molar-refractivity contribution in [1.29, 1.82) is 0 Å².